The molecule has 21 heavy (non-hydrogen) atoms. The minimum atomic E-state index is -1.24. The van der Waals surface area contributed by atoms with Crippen LogP contribution in [0.15, 0.2) is 30.6 Å². The molecule has 0 aliphatic rings. The minimum absolute atomic E-state index is 0.00703. The Labute approximate surface area is 122 Å². The summed E-state index contributed by atoms with van der Waals surface area (Å²) in [6, 6.07) is 4.11. The van der Waals surface area contributed by atoms with Gasteiger partial charge in [-0.3, -0.25) is 9.48 Å². The van der Waals surface area contributed by atoms with E-state index in [-0.39, 0.29) is 12.1 Å². The first kappa shape index (κ1) is 15.2. The summed E-state index contributed by atoms with van der Waals surface area (Å²) in [7, 11) is 1.74. The Bertz CT molecular complexity index is 644. The maximum Gasteiger partial charge on any atom is 0.251 e. The van der Waals surface area contributed by atoms with Crippen LogP contribution in [0.1, 0.15) is 28.4 Å². The molecule has 1 aromatic carbocycles. The second-order valence-electron chi connectivity index (χ2n) is 5.38. The largest absolute Gasteiger partial charge is 0.383 e. The molecular formula is C15H18FN3O2. The van der Waals surface area contributed by atoms with Gasteiger partial charge in [-0.15, -0.1) is 0 Å². The normalized spacial score (nSPS) is 13.8. The first-order valence-electron chi connectivity index (χ1n) is 6.55. The van der Waals surface area contributed by atoms with Gasteiger partial charge in [0.2, 0.25) is 0 Å². The van der Waals surface area contributed by atoms with Crippen LogP contribution >= 0.6 is 0 Å². The minimum Gasteiger partial charge on any atom is -0.383 e. The van der Waals surface area contributed by atoms with E-state index in [2.05, 4.69) is 10.4 Å². The van der Waals surface area contributed by atoms with E-state index in [0.717, 1.165) is 0 Å². The number of nitrogens with one attached hydrogen (secondary N) is 1. The number of benzene rings is 1. The molecule has 1 amide bonds. The van der Waals surface area contributed by atoms with Crippen molar-refractivity contribution in [2.75, 3.05) is 6.54 Å². The van der Waals surface area contributed by atoms with Crippen molar-refractivity contribution >= 4 is 5.91 Å². The highest BCUT2D eigenvalue weighted by molar-refractivity contribution is 5.94. The average molecular weight is 291 g/mol. The number of carbonyl (C=O) groups excluding carboxylic acids is 1. The second-order valence-corrected chi connectivity index (χ2v) is 5.38. The van der Waals surface area contributed by atoms with E-state index in [1.54, 1.807) is 44.0 Å². The predicted molar refractivity (Wildman–Crippen MR) is 76.2 cm³/mol. The van der Waals surface area contributed by atoms with Gasteiger partial charge in [0.15, 0.2) is 0 Å². The third-order valence-electron chi connectivity index (χ3n) is 3.22. The number of aromatic nitrogens is 2. The van der Waals surface area contributed by atoms with Crippen molar-refractivity contribution in [2.45, 2.75) is 19.4 Å². The lowest BCUT2D eigenvalue weighted by Crippen LogP contribution is -2.38. The Balaban J connectivity index is 2.06. The SMILES string of the molecule is Cc1cc(F)cc(C(=O)NCC(C)(O)c2cnn(C)c2)c1. The molecule has 0 radical (unpaired) electrons. The highest BCUT2D eigenvalue weighted by Crippen LogP contribution is 2.18. The van der Waals surface area contributed by atoms with Gasteiger partial charge in [-0.2, -0.15) is 5.10 Å². The lowest BCUT2D eigenvalue weighted by atomic mass is 9.99. The third kappa shape index (κ3) is 3.66. The molecule has 112 valence electrons. The van der Waals surface area contributed by atoms with Gasteiger partial charge in [0, 0.05) is 24.4 Å². The van der Waals surface area contributed by atoms with Crippen molar-refractivity contribution in [2.24, 2.45) is 7.05 Å². The Morgan fingerprint density at radius 2 is 2.19 bits per heavy atom. The van der Waals surface area contributed by atoms with E-state index in [4.69, 9.17) is 0 Å². The zero-order valence-electron chi connectivity index (χ0n) is 12.2. The lowest BCUT2D eigenvalue weighted by molar-refractivity contribution is 0.0526. The number of carbonyl (C=O) groups is 1. The standard InChI is InChI=1S/C15H18FN3O2/c1-10-4-11(6-13(16)5-10)14(20)17-9-15(2,21)12-7-18-19(3)8-12/h4-8,21H,9H2,1-3H3,(H,17,20). The molecule has 0 fully saturated rings. The molecule has 1 heterocycles. The van der Waals surface area contributed by atoms with Crippen LogP contribution in [0.4, 0.5) is 4.39 Å². The van der Waals surface area contributed by atoms with Gasteiger partial charge in [-0.25, -0.2) is 4.39 Å². The molecule has 2 rings (SSSR count). The molecule has 2 N–H and O–H groups in total. The predicted octanol–water partition coefficient (Wildman–Crippen LogP) is 1.51. The molecule has 6 heteroatoms. The average Bonchev–Trinajstić information content (AvgIpc) is 2.82. The van der Waals surface area contributed by atoms with Gasteiger partial charge in [0.05, 0.1) is 12.7 Å². The molecule has 2 aromatic rings. The highest BCUT2D eigenvalue weighted by atomic mass is 19.1. The van der Waals surface area contributed by atoms with Crippen molar-refractivity contribution in [3.63, 3.8) is 0 Å². The third-order valence-corrected chi connectivity index (χ3v) is 3.22. The van der Waals surface area contributed by atoms with Crippen LogP contribution in [0.5, 0.6) is 0 Å². The number of aryl methyl sites for hydroxylation is 2. The number of aliphatic hydroxyl groups is 1. The van der Waals surface area contributed by atoms with E-state index in [1.807, 2.05) is 0 Å². The van der Waals surface area contributed by atoms with E-state index < -0.39 is 17.3 Å². The molecule has 0 saturated heterocycles. The molecule has 0 aliphatic heterocycles. The van der Waals surface area contributed by atoms with Gasteiger partial charge < -0.3 is 10.4 Å². The smallest absolute Gasteiger partial charge is 0.251 e. The van der Waals surface area contributed by atoms with Crippen molar-refractivity contribution in [3.05, 3.63) is 53.1 Å². The van der Waals surface area contributed by atoms with Crippen molar-refractivity contribution in [1.82, 2.24) is 15.1 Å². The first-order valence-corrected chi connectivity index (χ1v) is 6.55. The van der Waals surface area contributed by atoms with Crippen LogP contribution in [-0.4, -0.2) is 27.3 Å². The summed E-state index contributed by atoms with van der Waals surface area (Å²) in [5, 5.41) is 17.0. The van der Waals surface area contributed by atoms with Crippen LogP contribution in [0.25, 0.3) is 0 Å². The lowest BCUT2D eigenvalue weighted by Gasteiger charge is -2.22. The van der Waals surface area contributed by atoms with E-state index >= 15 is 0 Å². The van der Waals surface area contributed by atoms with Crippen LogP contribution < -0.4 is 5.32 Å². The Morgan fingerprint density at radius 3 is 2.76 bits per heavy atom. The van der Waals surface area contributed by atoms with Crippen LogP contribution in [0.3, 0.4) is 0 Å². The fourth-order valence-electron chi connectivity index (χ4n) is 2.02. The van der Waals surface area contributed by atoms with Crippen molar-refractivity contribution < 1.29 is 14.3 Å². The van der Waals surface area contributed by atoms with Crippen LogP contribution in [0.2, 0.25) is 0 Å². The Morgan fingerprint density at radius 1 is 1.48 bits per heavy atom. The highest BCUT2D eigenvalue weighted by Gasteiger charge is 2.25. The Hall–Kier alpha value is -2.21. The van der Waals surface area contributed by atoms with Gasteiger partial charge in [-0.1, -0.05) is 0 Å². The summed E-state index contributed by atoms with van der Waals surface area (Å²) in [6.07, 6.45) is 3.22. The van der Waals surface area contributed by atoms with Crippen LogP contribution in [-0.2, 0) is 12.6 Å². The number of hydrogen-bond acceptors (Lipinski definition) is 3. The van der Waals surface area contributed by atoms with Crippen molar-refractivity contribution in [1.29, 1.82) is 0 Å². The zero-order chi connectivity index (χ0) is 15.6. The Kier molecular flexibility index (Phi) is 4.09. The van der Waals surface area contributed by atoms with Gasteiger partial charge in [0.1, 0.15) is 11.4 Å². The number of halogens is 1. The molecule has 1 unspecified atom stereocenters. The fourth-order valence-corrected chi connectivity index (χ4v) is 2.02. The number of nitrogens with zero attached hydrogens (tertiary/aromatic N) is 2. The summed E-state index contributed by atoms with van der Waals surface area (Å²) < 4.78 is 14.9. The van der Waals surface area contributed by atoms with Gasteiger partial charge in [0.25, 0.3) is 5.91 Å². The summed E-state index contributed by atoms with van der Waals surface area (Å²) >= 11 is 0. The quantitative estimate of drug-likeness (QED) is 0.897. The molecule has 0 spiro atoms. The monoisotopic (exact) mass is 291 g/mol. The molecule has 0 saturated carbocycles. The topological polar surface area (TPSA) is 67.2 Å². The first-order chi connectivity index (χ1) is 9.78. The maximum absolute atomic E-state index is 13.3. The van der Waals surface area contributed by atoms with Crippen molar-refractivity contribution in [3.8, 4) is 0 Å². The summed E-state index contributed by atoms with van der Waals surface area (Å²) in [4.78, 5) is 12.0. The number of rotatable bonds is 4. The molecule has 5 nitrogen and oxygen atoms in total. The zero-order valence-corrected chi connectivity index (χ0v) is 12.2. The summed E-state index contributed by atoms with van der Waals surface area (Å²) in [5.74, 6) is -0.888. The molecule has 0 bridgehead atoms. The fraction of sp³-hybridized carbons (Fsp3) is 0.333. The van der Waals surface area contributed by atoms with E-state index in [0.29, 0.717) is 11.1 Å². The maximum atomic E-state index is 13.3. The van der Waals surface area contributed by atoms with Crippen LogP contribution in [0, 0.1) is 12.7 Å². The molecule has 1 aromatic heterocycles. The second kappa shape index (κ2) is 5.65. The van der Waals surface area contributed by atoms with Gasteiger partial charge in [-0.05, 0) is 37.6 Å². The molecule has 1 atom stereocenters. The summed E-state index contributed by atoms with van der Waals surface area (Å²) in [5.41, 5.74) is 0.251. The van der Waals surface area contributed by atoms with Gasteiger partial charge >= 0.3 is 0 Å². The van der Waals surface area contributed by atoms with E-state index in [1.165, 1.54) is 12.1 Å². The molecule has 0 aliphatic carbocycles. The number of amides is 1. The molecular weight excluding hydrogens is 273 g/mol. The summed E-state index contributed by atoms with van der Waals surface area (Å²) in [6.45, 7) is 3.31. The van der Waals surface area contributed by atoms with E-state index in [9.17, 15) is 14.3 Å². The number of hydrogen-bond donors (Lipinski definition) is 2.